The Bertz CT molecular complexity index is 686. The van der Waals surface area contributed by atoms with Crippen LogP contribution in [0.15, 0.2) is 53.0 Å². The molecule has 0 aliphatic carbocycles. The van der Waals surface area contributed by atoms with Crippen molar-refractivity contribution in [1.82, 2.24) is 0 Å². The van der Waals surface area contributed by atoms with Gasteiger partial charge in [-0.3, -0.25) is 0 Å². The smallest absolute Gasteiger partial charge is 0.472 e. The summed E-state index contributed by atoms with van der Waals surface area (Å²) < 4.78 is 30.9. The average molecular weight is 314 g/mol. The predicted octanol–water partition coefficient (Wildman–Crippen LogP) is 4.89. The minimum absolute atomic E-state index is 0.431. The van der Waals surface area contributed by atoms with Crippen LogP contribution in [0.2, 0.25) is 0 Å². The standard InChI is InChI=1S/C18H20BFO3/c1-17(2)18(3,4)23-19(22-17)16(20)11-13-5-7-14(8-6-13)15-9-10-21-12-15/h5-12H,1-4H3. The van der Waals surface area contributed by atoms with Gasteiger partial charge in [-0.25, -0.2) is 4.39 Å². The fraction of sp³-hybridized carbons (Fsp3) is 0.333. The van der Waals surface area contributed by atoms with Crippen LogP contribution >= 0.6 is 0 Å². The molecule has 23 heavy (non-hydrogen) atoms. The quantitative estimate of drug-likeness (QED) is 0.756. The third-order valence-corrected chi connectivity index (χ3v) is 4.55. The van der Waals surface area contributed by atoms with E-state index in [0.29, 0.717) is 0 Å². The van der Waals surface area contributed by atoms with Crippen LogP contribution in [-0.2, 0) is 9.31 Å². The number of furan rings is 1. The molecular formula is C18H20BFO3. The van der Waals surface area contributed by atoms with E-state index in [0.717, 1.165) is 16.7 Å². The molecule has 0 atom stereocenters. The summed E-state index contributed by atoms with van der Waals surface area (Å²) in [5, 5.41) is 0. The second kappa shape index (κ2) is 5.66. The summed E-state index contributed by atoms with van der Waals surface area (Å²) in [6, 6.07) is 9.44. The van der Waals surface area contributed by atoms with E-state index < -0.39 is 24.0 Å². The Morgan fingerprint density at radius 3 is 2.09 bits per heavy atom. The van der Waals surface area contributed by atoms with Crippen LogP contribution in [0.1, 0.15) is 33.3 Å². The second-order valence-corrected chi connectivity index (χ2v) is 6.75. The van der Waals surface area contributed by atoms with E-state index in [2.05, 4.69) is 0 Å². The molecular weight excluding hydrogens is 294 g/mol. The van der Waals surface area contributed by atoms with E-state index >= 15 is 0 Å². The monoisotopic (exact) mass is 314 g/mol. The molecule has 120 valence electrons. The molecule has 5 heteroatoms. The van der Waals surface area contributed by atoms with Gasteiger partial charge in [0.2, 0.25) is 0 Å². The van der Waals surface area contributed by atoms with E-state index in [4.69, 9.17) is 13.7 Å². The van der Waals surface area contributed by atoms with Gasteiger partial charge in [0.05, 0.1) is 23.7 Å². The van der Waals surface area contributed by atoms with E-state index in [1.807, 2.05) is 58.0 Å². The summed E-state index contributed by atoms with van der Waals surface area (Å²) in [6.45, 7) is 7.61. The Labute approximate surface area is 136 Å². The Morgan fingerprint density at radius 2 is 1.57 bits per heavy atom. The summed E-state index contributed by atoms with van der Waals surface area (Å²) in [5.74, 6) is 0. The molecule has 1 saturated heterocycles. The van der Waals surface area contributed by atoms with Crippen molar-refractivity contribution >= 4 is 13.2 Å². The molecule has 1 aliphatic heterocycles. The van der Waals surface area contributed by atoms with Gasteiger partial charge in [-0.2, -0.15) is 0 Å². The number of benzene rings is 1. The SMILES string of the molecule is CC1(C)OB(C(F)=Cc2ccc(-c3ccoc3)cc2)OC1(C)C. The van der Waals surface area contributed by atoms with Crippen molar-refractivity contribution in [2.45, 2.75) is 38.9 Å². The molecule has 0 bridgehead atoms. The lowest BCUT2D eigenvalue weighted by molar-refractivity contribution is 0.00578. The van der Waals surface area contributed by atoms with Gasteiger partial charge in [0.25, 0.3) is 0 Å². The van der Waals surface area contributed by atoms with Gasteiger partial charge in [0.15, 0.2) is 0 Å². The van der Waals surface area contributed by atoms with Crippen molar-refractivity contribution in [1.29, 1.82) is 0 Å². The highest BCUT2D eigenvalue weighted by Gasteiger charge is 2.53. The van der Waals surface area contributed by atoms with Gasteiger partial charge in [-0.05, 0) is 51.0 Å². The van der Waals surface area contributed by atoms with Crippen LogP contribution in [-0.4, -0.2) is 18.3 Å². The highest BCUT2D eigenvalue weighted by atomic mass is 19.1. The van der Waals surface area contributed by atoms with Crippen molar-refractivity contribution in [3.8, 4) is 11.1 Å². The average Bonchev–Trinajstić information content (AvgIpc) is 3.07. The van der Waals surface area contributed by atoms with Crippen molar-refractivity contribution in [3.63, 3.8) is 0 Å². The first-order chi connectivity index (χ1) is 10.8. The molecule has 3 rings (SSSR count). The first kappa shape index (κ1) is 16.0. The summed E-state index contributed by atoms with van der Waals surface area (Å²) in [4.78, 5) is 0. The fourth-order valence-corrected chi connectivity index (χ4v) is 2.38. The molecule has 1 aliphatic rings. The lowest BCUT2D eigenvalue weighted by Crippen LogP contribution is -2.41. The van der Waals surface area contributed by atoms with E-state index in [9.17, 15) is 4.39 Å². The maximum Gasteiger partial charge on any atom is 0.525 e. The first-order valence-corrected chi connectivity index (χ1v) is 7.64. The van der Waals surface area contributed by atoms with Crippen LogP contribution < -0.4 is 0 Å². The van der Waals surface area contributed by atoms with Crippen LogP contribution in [0.3, 0.4) is 0 Å². The topological polar surface area (TPSA) is 31.6 Å². The minimum atomic E-state index is -0.964. The maximum absolute atomic E-state index is 14.5. The molecule has 1 fully saturated rings. The molecule has 0 unspecified atom stereocenters. The lowest BCUT2D eigenvalue weighted by Gasteiger charge is -2.32. The Morgan fingerprint density at radius 1 is 0.957 bits per heavy atom. The Hall–Kier alpha value is -1.85. The predicted molar refractivity (Wildman–Crippen MR) is 89.3 cm³/mol. The van der Waals surface area contributed by atoms with Gasteiger partial charge in [-0.15, -0.1) is 0 Å². The zero-order chi connectivity index (χ0) is 16.7. The molecule has 1 aromatic carbocycles. The Balaban J connectivity index is 1.77. The molecule has 0 spiro atoms. The molecule has 1 aromatic heterocycles. The van der Waals surface area contributed by atoms with E-state index in [1.54, 1.807) is 12.5 Å². The second-order valence-electron chi connectivity index (χ2n) is 6.75. The summed E-state index contributed by atoms with van der Waals surface area (Å²) in [6.07, 6.45) is 4.75. The fourth-order valence-electron chi connectivity index (χ4n) is 2.38. The first-order valence-electron chi connectivity index (χ1n) is 7.64. The summed E-state index contributed by atoms with van der Waals surface area (Å²) in [5.41, 5.74) is 1.24. The van der Waals surface area contributed by atoms with Gasteiger partial charge in [0.1, 0.15) is 5.73 Å². The van der Waals surface area contributed by atoms with Gasteiger partial charge in [-0.1, -0.05) is 24.3 Å². The summed E-state index contributed by atoms with van der Waals surface area (Å²) in [7, 11) is -0.964. The van der Waals surface area contributed by atoms with Gasteiger partial charge in [0, 0.05) is 5.56 Å². The highest BCUT2D eigenvalue weighted by molar-refractivity contribution is 6.54. The zero-order valence-corrected chi connectivity index (χ0v) is 13.8. The third-order valence-electron chi connectivity index (χ3n) is 4.55. The van der Waals surface area contributed by atoms with E-state index in [-0.39, 0.29) is 0 Å². The third kappa shape index (κ3) is 3.12. The van der Waals surface area contributed by atoms with Crippen molar-refractivity contribution in [2.24, 2.45) is 0 Å². The number of rotatable bonds is 3. The van der Waals surface area contributed by atoms with Crippen LogP contribution in [0.5, 0.6) is 0 Å². The zero-order valence-electron chi connectivity index (χ0n) is 13.8. The summed E-state index contributed by atoms with van der Waals surface area (Å²) >= 11 is 0. The van der Waals surface area contributed by atoms with Crippen LogP contribution in [0.4, 0.5) is 4.39 Å². The van der Waals surface area contributed by atoms with Gasteiger partial charge < -0.3 is 13.7 Å². The van der Waals surface area contributed by atoms with Crippen LogP contribution in [0.25, 0.3) is 17.2 Å². The maximum atomic E-state index is 14.5. The normalized spacial score (nSPS) is 20.0. The minimum Gasteiger partial charge on any atom is -0.472 e. The molecule has 2 heterocycles. The highest BCUT2D eigenvalue weighted by Crippen LogP contribution is 2.39. The number of hydrogen-bond acceptors (Lipinski definition) is 3. The van der Waals surface area contributed by atoms with Gasteiger partial charge >= 0.3 is 7.12 Å². The number of hydrogen-bond donors (Lipinski definition) is 0. The molecule has 0 radical (unpaired) electrons. The van der Waals surface area contributed by atoms with Crippen molar-refractivity contribution in [2.75, 3.05) is 0 Å². The van der Waals surface area contributed by atoms with E-state index in [1.165, 1.54) is 6.08 Å². The van der Waals surface area contributed by atoms with Crippen molar-refractivity contribution in [3.05, 3.63) is 54.1 Å². The van der Waals surface area contributed by atoms with Crippen LogP contribution in [0, 0.1) is 0 Å². The Kier molecular flexibility index (Phi) is 3.94. The molecule has 0 saturated carbocycles. The molecule has 0 amide bonds. The molecule has 2 aromatic rings. The number of halogens is 1. The lowest BCUT2D eigenvalue weighted by atomic mass is 9.86. The molecule has 3 nitrogen and oxygen atoms in total. The van der Waals surface area contributed by atoms with Crippen molar-refractivity contribution < 1.29 is 18.1 Å². The molecule has 0 N–H and O–H groups in total. The largest absolute Gasteiger partial charge is 0.525 e.